The zero-order chi connectivity index (χ0) is 14.9. The Bertz CT molecular complexity index is 586. The third-order valence-corrected chi connectivity index (χ3v) is 7.52. The first-order chi connectivity index (χ1) is 9.29. The Labute approximate surface area is 136 Å². The predicted octanol–water partition coefficient (Wildman–Crippen LogP) is 3.85. The summed E-state index contributed by atoms with van der Waals surface area (Å²) in [4.78, 5) is 0. The van der Waals surface area contributed by atoms with Gasteiger partial charge in [-0.25, -0.2) is 8.42 Å². The van der Waals surface area contributed by atoms with Crippen LogP contribution in [0.25, 0.3) is 0 Å². The van der Waals surface area contributed by atoms with Crippen LogP contribution in [0, 0.1) is 5.92 Å². The summed E-state index contributed by atoms with van der Waals surface area (Å²) in [5.74, 6) is 0.0107. The van der Waals surface area contributed by atoms with Gasteiger partial charge >= 0.3 is 0 Å². The van der Waals surface area contributed by atoms with Gasteiger partial charge in [-0.1, -0.05) is 12.5 Å². The molecule has 3 atom stereocenters. The highest BCUT2D eigenvalue weighted by molar-refractivity contribution is 9.13. The fourth-order valence-corrected chi connectivity index (χ4v) is 4.66. The number of hydrogen-bond donors (Lipinski definition) is 1. The molecule has 0 amide bonds. The van der Waals surface area contributed by atoms with Crippen molar-refractivity contribution < 1.29 is 13.5 Å². The lowest BCUT2D eigenvalue weighted by Crippen LogP contribution is -2.30. The molecule has 0 saturated heterocycles. The Morgan fingerprint density at radius 3 is 2.55 bits per heavy atom. The smallest absolute Gasteiger partial charge is 0.150 e. The number of benzene rings is 1. The Morgan fingerprint density at radius 2 is 1.95 bits per heavy atom. The van der Waals surface area contributed by atoms with Crippen molar-refractivity contribution >= 4 is 41.7 Å². The lowest BCUT2D eigenvalue weighted by atomic mass is 9.82. The van der Waals surface area contributed by atoms with Gasteiger partial charge in [-0.15, -0.1) is 0 Å². The number of halogens is 2. The van der Waals surface area contributed by atoms with E-state index in [9.17, 15) is 13.5 Å². The van der Waals surface area contributed by atoms with Gasteiger partial charge in [0.05, 0.1) is 11.4 Å². The fraction of sp³-hybridized carbons (Fsp3) is 0.571. The number of sulfone groups is 1. The summed E-state index contributed by atoms with van der Waals surface area (Å²) in [5.41, 5.74) is 0.833. The van der Waals surface area contributed by atoms with E-state index in [1.807, 2.05) is 18.2 Å². The van der Waals surface area contributed by atoms with Gasteiger partial charge in [0.2, 0.25) is 0 Å². The Kier molecular flexibility index (Phi) is 5.32. The van der Waals surface area contributed by atoms with Crippen molar-refractivity contribution in [2.45, 2.75) is 37.0 Å². The van der Waals surface area contributed by atoms with E-state index in [-0.39, 0.29) is 11.2 Å². The van der Waals surface area contributed by atoms with E-state index in [4.69, 9.17) is 0 Å². The molecular formula is C14H18Br2O3S. The molecule has 1 aromatic rings. The minimum Gasteiger partial charge on any atom is -0.388 e. The van der Waals surface area contributed by atoms with Crippen LogP contribution in [0.4, 0.5) is 0 Å². The monoisotopic (exact) mass is 424 g/mol. The van der Waals surface area contributed by atoms with E-state index in [2.05, 4.69) is 31.9 Å². The van der Waals surface area contributed by atoms with Crippen LogP contribution >= 0.6 is 31.9 Å². The summed E-state index contributed by atoms with van der Waals surface area (Å²) in [5, 5.41) is 10.2. The first kappa shape index (κ1) is 16.5. The van der Waals surface area contributed by atoms with Crippen molar-refractivity contribution in [3.05, 3.63) is 32.7 Å². The molecule has 0 aromatic heterocycles. The van der Waals surface area contributed by atoms with Crippen LogP contribution in [-0.4, -0.2) is 25.0 Å². The summed E-state index contributed by atoms with van der Waals surface area (Å²) in [6, 6.07) is 5.65. The standard InChI is InChI=1S/C14H18Br2O3S/c1-20(18,19)11-4-2-3-9(7-11)14(17)10-5-6-12(15)13(16)8-10/h5-6,8-9,11,14,17H,2-4,7H2,1H3. The van der Waals surface area contributed by atoms with Crippen LogP contribution in [0.5, 0.6) is 0 Å². The van der Waals surface area contributed by atoms with Gasteiger partial charge in [-0.05, 0) is 74.7 Å². The molecule has 1 aromatic carbocycles. The van der Waals surface area contributed by atoms with Crippen molar-refractivity contribution in [3.8, 4) is 0 Å². The summed E-state index contributed by atoms with van der Waals surface area (Å²) in [6.45, 7) is 0. The molecule has 1 saturated carbocycles. The Hall–Kier alpha value is 0.0900. The van der Waals surface area contributed by atoms with E-state index in [1.54, 1.807) is 0 Å². The SMILES string of the molecule is CS(=O)(=O)C1CCCC(C(O)c2ccc(Br)c(Br)c2)C1. The average molecular weight is 426 g/mol. The highest BCUT2D eigenvalue weighted by Crippen LogP contribution is 2.38. The van der Waals surface area contributed by atoms with Crippen LogP contribution in [-0.2, 0) is 9.84 Å². The van der Waals surface area contributed by atoms with Crippen LogP contribution in [0.2, 0.25) is 0 Å². The number of aliphatic hydroxyl groups excluding tert-OH is 1. The average Bonchev–Trinajstić information content (AvgIpc) is 2.40. The van der Waals surface area contributed by atoms with Gasteiger partial charge in [0, 0.05) is 15.2 Å². The molecule has 0 spiro atoms. The summed E-state index contributed by atoms with van der Waals surface area (Å²) >= 11 is 6.83. The summed E-state index contributed by atoms with van der Waals surface area (Å²) < 4.78 is 25.2. The second-order valence-corrected chi connectivity index (χ2v) is 9.53. The van der Waals surface area contributed by atoms with Gasteiger partial charge in [0.25, 0.3) is 0 Å². The zero-order valence-electron chi connectivity index (χ0n) is 11.2. The maximum absolute atomic E-state index is 11.7. The van der Waals surface area contributed by atoms with Gasteiger partial charge in [0.1, 0.15) is 9.84 Å². The van der Waals surface area contributed by atoms with Gasteiger partial charge in [-0.2, -0.15) is 0 Å². The minimum absolute atomic E-state index is 0.0107. The second kappa shape index (κ2) is 6.46. The number of rotatable bonds is 3. The minimum atomic E-state index is -3.02. The maximum atomic E-state index is 11.7. The second-order valence-electron chi connectivity index (χ2n) is 5.50. The molecule has 1 N–H and O–H groups in total. The van der Waals surface area contributed by atoms with Crippen molar-refractivity contribution in [2.24, 2.45) is 5.92 Å². The van der Waals surface area contributed by atoms with Crippen molar-refractivity contribution in [1.82, 2.24) is 0 Å². The van der Waals surface area contributed by atoms with Crippen LogP contribution in [0.3, 0.4) is 0 Å². The van der Waals surface area contributed by atoms with E-state index >= 15 is 0 Å². The normalized spacial score (nSPS) is 25.4. The van der Waals surface area contributed by atoms with Crippen molar-refractivity contribution in [2.75, 3.05) is 6.26 Å². The lowest BCUT2D eigenvalue weighted by Gasteiger charge is -2.31. The molecule has 112 valence electrons. The zero-order valence-corrected chi connectivity index (χ0v) is 15.2. The van der Waals surface area contributed by atoms with E-state index in [0.29, 0.717) is 12.8 Å². The van der Waals surface area contributed by atoms with Gasteiger partial charge in [0.15, 0.2) is 0 Å². The Morgan fingerprint density at radius 1 is 1.25 bits per heavy atom. The van der Waals surface area contributed by atoms with Crippen LogP contribution in [0.15, 0.2) is 27.1 Å². The highest BCUT2D eigenvalue weighted by Gasteiger charge is 2.33. The molecular weight excluding hydrogens is 408 g/mol. The molecule has 1 aliphatic rings. The van der Waals surface area contributed by atoms with Crippen molar-refractivity contribution in [3.63, 3.8) is 0 Å². The quantitative estimate of drug-likeness (QED) is 0.799. The third kappa shape index (κ3) is 3.84. The highest BCUT2D eigenvalue weighted by atomic mass is 79.9. The number of hydrogen-bond acceptors (Lipinski definition) is 3. The van der Waals surface area contributed by atoms with E-state index < -0.39 is 15.9 Å². The molecule has 1 fully saturated rings. The molecule has 3 nitrogen and oxygen atoms in total. The van der Waals surface area contributed by atoms with Crippen LogP contribution in [0.1, 0.15) is 37.4 Å². The first-order valence-electron chi connectivity index (χ1n) is 6.61. The molecule has 6 heteroatoms. The first-order valence-corrected chi connectivity index (χ1v) is 10.1. The molecule has 0 aliphatic heterocycles. The van der Waals surface area contributed by atoms with E-state index in [1.165, 1.54) is 6.26 Å². The van der Waals surface area contributed by atoms with E-state index in [0.717, 1.165) is 27.4 Å². The van der Waals surface area contributed by atoms with Crippen molar-refractivity contribution in [1.29, 1.82) is 0 Å². The molecule has 0 bridgehead atoms. The topological polar surface area (TPSA) is 54.4 Å². The molecule has 0 radical (unpaired) electrons. The predicted molar refractivity (Wildman–Crippen MR) is 87.4 cm³/mol. The number of aliphatic hydroxyl groups is 1. The van der Waals surface area contributed by atoms with Gasteiger partial charge in [-0.3, -0.25) is 0 Å². The maximum Gasteiger partial charge on any atom is 0.150 e. The third-order valence-electron chi connectivity index (χ3n) is 4.00. The molecule has 3 unspecified atom stereocenters. The Balaban J connectivity index is 2.16. The largest absolute Gasteiger partial charge is 0.388 e. The fourth-order valence-electron chi connectivity index (χ4n) is 2.83. The summed E-state index contributed by atoms with van der Waals surface area (Å²) in [6.07, 6.45) is 3.68. The molecule has 20 heavy (non-hydrogen) atoms. The molecule has 0 heterocycles. The summed E-state index contributed by atoms with van der Waals surface area (Å²) in [7, 11) is -3.02. The van der Waals surface area contributed by atoms with Gasteiger partial charge < -0.3 is 5.11 Å². The molecule has 1 aliphatic carbocycles. The van der Waals surface area contributed by atoms with Crippen LogP contribution < -0.4 is 0 Å². The molecule has 2 rings (SSSR count). The lowest BCUT2D eigenvalue weighted by molar-refractivity contribution is 0.0856.